The number of rotatable bonds is 9. The number of hydrogen-bond donors (Lipinski definition) is 2. The van der Waals surface area contributed by atoms with Crippen LogP contribution in [-0.4, -0.2) is 38.1 Å². The summed E-state index contributed by atoms with van der Waals surface area (Å²) >= 11 is 3.30. The van der Waals surface area contributed by atoms with Crippen LogP contribution in [0.1, 0.15) is 22.8 Å². The van der Waals surface area contributed by atoms with E-state index in [-0.39, 0.29) is 23.3 Å². The van der Waals surface area contributed by atoms with Gasteiger partial charge in [0.25, 0.3) is 5.91 Å². The van der Waals surface area contributed by atoms with Crippen LogP contribution in [-0.2, 0) is 11.2 Å². The standard InChI is InChI=1S/C20H21BrF2N2O4/c1-12(25-19(27)14-4-6-15(21)7-5-14)18(26)24-10-9-13-3-8-16(29-20(22)23)17(11-13)28-2/h3-8,11-12,20H,9-10H2,1-2H3,(H,24,26)(H,25,27). The van der Waals surface area contributed by atoms with Crippen LogP contribution in [0.3, 0.4) is 0 Å². The van der Waals surface area contributed by atoms with Gasteiger partial charge in [-0.25, -0.2) is 0 Å². The summed E-state index contributed by atoms with van der Waals surface area (Å²) in [6.45, 7) is -1.05. The van der Waals surface area contributed by atoms with E-state index in [1.54, 1.807) is 43.3 Å². The highest BCUT2D eigenvalue weighted by Gasteiger charge is 2.16. The number of nitrogens with one attached hydrogen (secondary N) is 2. The molecule has 2 N–H and O–H groups in total. The SMILES string of the molecule is COc1cc(CCNC(=O)C(C)NC(=O)c2ccc(Br)cc2)ccc1OC(F)F. The maximum absolute atomic E-state index is 12.4. The lowest BCUT2D eigenvalue weighted by atomic mass is 10.1. The molecule has 0 aliphatic rings. The van der Waals surface area contributed by atoms with Gasteiger partial charge < -0.3 is 20.1 Å². The number of amides is 2. The number of halogens is 3. The highest BCUT2D eigenvalue weighted by Crippen LogP contribution is 2.29. The van der Waals surface area contributed by atoms with Crippen LogP contribution in [0.5, 0.6) is 11.5 Å². The minimum Gasteiger partial charge on any atom is -0.493 e. The Morgan fingerprint density at radius 2 is 1.79 bits per heavy atom. The molecular formula is C20H21BrF2N2O4. The second kappa shape index (κ2) is 10.8. The van der Waals surface area contributed by atoms with E-state index in [0.717, 1.165) is 10.0 Å². The first-order valence-electron chi connectivity index (χ1n) is 8.76. The van der Waals surface area contributed by atoms with E-state index in [1.807, 2.05) is 0 Å². The number of alkyl halides is 2. The minimum atomic E-state index is -2.94. The van der Waals surface area contributed by atoms with Crippen molar-refractivity contribution < 1.29 is 27.8 Å². The third kappa shape index (κ3) is 7.01. The average molecular weight is 471 g/mol. The number of methoxy groups -OCH3 is 1. The highest BCUT2D eigenvalue weighted by molar-refractivity contribution is 9.10. The molecule has 2 amide bonds. The first kappa shape index (κ1) is 22.6. The summed E-state index contributed by atoms with van der Waals surface area (Å²) in [7, 11) is 1.36. The van der Waals surface area contributed by atoms with Gasteiger partial charge in [-0.15, -0.1) is 0 Å². The summed E-state index contributed by atoms with van der Waals surface area (Å²) in [6, 6.07) is 10.6. The lowest BCUT2D eigenvalue weighted by molar-refractivity contribution is -0.122. The number of hydrogen-bond acceptors (Lipinski definition) is 4. The van der Waals surface area contributed by atoms with Gasteiger partial charge >= 0.3 is 6.61 Å². The van der Waals surface area contributed by atoms with Crippen LogP contribution in [0.25, 0.3) is 0 Å². The Bertz CT molecular complexity index is 847. The van der Waals surface area contributed by atoms with Crippen molar-refractivity contribution in [1.29, 1.82) is 0 Å². The highest BCUT2D eigenvalue weighted by atomic mass is 79.9. The van der Waals surface area contributed by atoms with Crippen molar-refractivity contribution in [3.63, 3.8) is 0 Å². The molecule has 1 unspecified atom stereocenters. The molecule has 0 saturated heterocycles. The molecule has 2 aromatic rings. The topological polar surface area (TPSA) is 76.7 Å². The van der Waals surface area contributed by atoms with Crippen molar-refractivity contribution in [3.8, 4) is 11.5 Å². The predicted octanol–water partition coefficient (Wildman–Crippen LogP) is 3.54. The van der Waals surface area contributed by atoms with Crippen LogP contribution in [0.15, 0.2) is 46.9 Å². The first-order valence-corrected chi connectivity index (χ1v) is 9.55. The molecule has 9 heteroatoms. The Kier molecular flexibility index (Phi) is 8.38. The van der Waals surface area contributed by atoms with Crippen LogP contribution >= 0.6 is 15.9 Å². The van der Waals surface area contributed by atoms with Gasteiger partial charge in [0.15, 0.2) is 11.5 Å². The monoisotopic (exact) mass is 470 g/mol. The van der Waals surface area contributed by atoms with Crippen LogP contribution in [0.2, 0.25) is 0 Å². The van der Waals surface area contributed by atoms with Crippen molar-refractivity contribution in [2.75, 3.05) is 13.7 Å². The van der Waals surface area contributed by atoms with Crippen molar-refractivity contribution in [3.05, 3.63) is 58.1 Å². The summed E-state index contributed by atoms with van der Waals surface area (Å²) < 4.78 is 35.0. The van der Waals surface area contributed by atoms with Crippen molar-refractivity contribution in [2.45, 2.75) is 26.0 Å². The minimum absolute atomic E-state index is 0.0560. The third-order valence-corrected chi connectivity index (χ3v) is 4.53. The summed E-state index contributed by atoms with van der Waals surface area (Å²) in [5, 5.41) is 5.36. The molecule has 0 radical (unpaired) electrons. The maximum atomic E-state index is 12.4. The molecule has 2 rings (SSSR count). The van der Waals surface area contributed by atoms with E-state index >= 15 is 0 Å². The fourth-order valence-electron chi connectivity index (χ4n) is 2.49. The number of carbonyl (C=O) groups is 2. The zero-order valence-corrected chi connectivity index (χ0v) is 17.5. The van der Waals surface area contributed by atoms with E-state index in [0.29, 0.717) is 18.5 Å². The third-order valence-electron chi connectivity index (χ3n) is 4.00. The van der Waals surface area contributed by atoms with Gasteiger partial charge in [-0.2, -0.15) is 8.78 Å². The summed E-state index contributed by atoms with van der Waals surface area (Å²) in [5.41, 5.74) is 1.22. The fraction of sp³-hybridized carbons (Fsp3) is 0.300. The number of carbonyl (C=O) groups excluding carboxylic acids is 2. The van der Waals surface area contributed by atoms with Crippen molar-refractivity contribution in [1.82, 2.24) is 10.6 Å². The molecule has 0 fully saturated rings. The number of benzene rings is 2. The van der Waals surface area contributed by atoms with Gasteiger partial charge in [0.05, 0.1) is 7.11 Å². The smallest absolute Gasteiger partial charge is 0.387 e. The maximum Gasteiger partial charge on any atom is 0.387 e. The second-order valence-corrected chi connectivity index (χ2v) is 7.02. The molecule has 0 aliphatic carbocycles. The van der Waals surface area contributed by atoms with E-state index in [9.17, 15) is 18.4 Å². The molecular weight excluding hydrogens is 450 g/mol. The second-order valence-electron chi connectivity index (χ2n) is 6.11. The Hall–Kier alpha value is -2.68. The van der Waals surface area contributed by atoms with Gasteiger partial charge in [-0.1, -0.05) is 22.0 Å². The van der Waals surface area contributed by atoms with Crippen molar-refractivity contribution >= 4 is 27.7 Å². The molecule has 0 saturated carbocycles. The molecule has 0 aromatic heterocycles. The van der Waals surface area contributed by atoms with E-state index in [2.05, 4.69) is 31.3 Å². The average Bonchev–Trinajstić information content (AvgIpc) is 2.68. The lowest BCUT2D eigenvalue weighted by Gasteiger charge is -2.15. The van der Waals surface area contributed by atoms with Crippen LogP contribution in [0, 0.1) is 0 Å². The Morgan fingerprint density at radius 1 is 1.10 bits per heavy atom. The Morgan fingerprint density at radius 3 is 2.41 bits per heavy atom. The van der Waals surface area contributed by atoms with Crippen LogP contribution in [0.4, 0.5) is 8.78 Å². The predicted molar refractivity (Wildman–Crippen MR) is 107 cm³/mol. The Balaban J connectivity index is 1.84. The normalized spacial score (nSPS) is 11.7. The van der Waals surface area contributed by atoms with Gasteiger partial charge in [-0.3, -0.25) is 9.59 Å². The van der Waals surface area contributed by atoms with E-state index < -0.39 is 12.7 Å². The molecule has 0 heterocycles. The quantitative estimate of drug-likeness (QED) is 0.587. The molecule has 1 atom stereocenters. The fourth-order valence-corrected chi connectivity index (χ4v) is 2.76. The van der Waals surface area contributed by atoms with Gasteiger partial charge in [0, 0.05) is 16.6 Å². The Labute approximate surface area is 175 Å². The molecule has 2 aromatic carbocycles. The van der Waals surface area contributed by atoms with E-state index in [4.69, 9.17) is 4.74 Å². The zero-order valence-electron chi connectivity index (χ0n) is 15.9. The van der Waals surface area contributed by atoms with Gasteiger partial charge in [0.1, 0.15) is 6.04 Å². The van der Waals surface area contributed by atoms with Gasteiger partial charge in [0.2, 0.25) is 5.91 Å². The van der Waals surface area contributed by atoms with Crippen LogP contribution < -0.4 is 20.1 Å². The first-order chi connectivity index (χ1) is 13.8. The van der Waals surface area contributed by atoms with E-state index in [1.165, 1.54) is 13.2 Å². The molecule has 6 nitrogen and oxygen atoms in total. The zero-order chi connectivity index (χ0) is 21.4. The van der Waals surface area contributed by atoms with Gasteiger partial charge in [-0.05, 0) is 55.3 Å². The lowest BCUT2D eigenvalue weighted by Crippen LogP contribution is -2.45. The summed E-state index contributed by atoms with van der Waals surface area (Å²) in [4.78, 5) is 24.4. The van der Waals surface area contributed by atoms with Crippen molar-refractivity contribution in [2.24, 2.45) is 0 Å². The molecule has 29 heavy (non-hydrogen) atoms. The molecule has 0 spiro atoms. The summed E-state index contributed by atoms with van der Waals surface area (Å²) in [6.07, 6.45) is 0.449. The molecule has 0 aliphatic heterocycles. The summed E-state index contributed by atoms with van der Waals surface area (Å²) in [5.74, 6) is -0.552. The molecule has 156 valence electrons. The largest absolute Gasteiger partial charge is 0.493 e. The number of ether oxygens (including phenoxy) is 2. The molecule has 0 bridgehead atoms.